The molecule has 5 heteroatoms. The van der Waals surface area contributed by atoms with Gasteiger partial charge in [0.2, 0.25) is 11.8 Å². The molecule has 2 amide bonds. The topological polar surface area (TPSA) is 74.7 Å². The SMILES string of the molecule is CC1C(=O)N(C(C)(C(=O)O)c2ccccc2)C(=O)C1C. The predicted molar refractivity (Wildman–Crippen MR) is 71.6 cm³/mol. The van der Waals surface area contributed by atoms with Crippen LogP contribution in [0.1, 0.15) is 26.3 Å². The van der Waals surface area contributed by atoms with Crippen molar-refractivity contribution in [2.75, 3.05) is 0 Å². The van der Waals surface area contributed by atoms with Crippen LogP contribution in [0.4, 0.5) is 0 Å². The molecule has 1 aromatic carbocycles. The van der Waals surface area contributed by atoms with Gasteiger partial charge in [-0.3, -0.25) is 14.5 Å². The minimum absolute atomic E-state index is 0.413. The highest BCUT2D eigenvalue weighted by Crippen LogP contribution is 2.37. The standard InChI is InChI=1S/C15H17NO4/c1-9-10(2)13(18)16(12(9)17)15(3,14(19)20)11-7-5-4-6-8-11/h4-10H,1-3H3,(H,19,20). The van der Waals surface area contributed by atoms with E-state index in [2.05, 4.69) is 0 Å². The fourth-order valence-electron chi connectivity index (χ4n) is 2.50. The largest absolute Gasteiger partial charge is 0.479 e. The number of amides is 2. The monoisotopic (exact) mass is 275 g/mol. The molecule has 0 aliphatic carbocycles. The molecule has 2 rings (SSSR count). The van der Waals surface area contributed by atoms with E-state index in [-0.39, 0.29) is 0 Å². The molecule has 3 atom stereocenters. The summed E-state index contributed by atoms with van der Waals surface area (Å²) in [5.74, 6) is -3.08. The van der Waals surface area contributed by atoms with Crippen molar-refractivity contribution in [3.63, 3.8) is 0 Å². The fraction of sp³-hybridized carbons (Fsp3) is 0.400. The minimum atomic E-state index is -1.67. The first-order valence-electron chi connectivity index (χ1n) is 6.48. The number of aliphatic carboxylic acids is 1. The maximum absolute atomic E-state index is 12.3. The molecule has 3 unspecified atom stereocenters. The summed E-state index contributed by atoms with van der Waals surface area (Å²) in [6.45, 7) is 4.70. The van der Waals surface area contributed by atoms with Crippen molar-refractivity contribution in [2.45, 2.75) is 26.3 Å². The zero-order valence-electron chi connectivity index (χ0n) is 11.7. The van der Waals surface area contributed by atoms with Crippen LogP contribution >= 0.6 is 0 Å². The first-order valence-corrected chi connectivity index (χ1v) is 6.48. The number of rotatable bonds is 3. The lowest BCUT2D eigenvalue weighted by atomic mass is 9.90. The first kappa shape index (κ1) is 14.2. The third-order valence-electron chi connectivity index (χ3n) is 4.17. The molecule has 1 N–H and O–H groups in total. The van der Waals surface area contributed by atoms with Crippen molar-refractivity contribution in [2.24, 2.45) is 11.8 Å². The van der Waals surface area contributed by atoms with Gasteiger partial charge in [-0.05, 0) is 12.5 Å². The highest BCUT2D eigenvalue weighted by molar-refractivity contribution is 6.08. The number of carbonyl (C=O) groups excluding carboxylic acids is 2. The van der Waals surface area contributed by atoms with E-state index >= 15 is 0 Å². The number of carbonyl (C=O) groups is 3. The minimum Gasteiger partial charge on any atom is -0.479 e. The van der Waals surface area contributed by atoms with E-state index in [0.29, 0.717) is 5.56 Å². The molecule has 5 nitrogen and oxygen atoms in total. The van der Waals surface area contributed by atoms with Crippen molar-refractivity contribution < 1.29 is 19.5 Å². The van der Waals surface area contributed by atoms with Gasteiger partial charge in [0, 0.05) is 11.8 Å². The maximum Gasteiger partial charge on any atom is 0.334 e. The Morgan fingerprint density at radius 2 is 1.55 bits per heavy atom. The van der Waals surface area contributed by atoms with Gasteiger partial charge in [-0.1, -0.05) is 44.2 Å². The second-order valence-electron chi connectivity index (χ2n) is 5.33. The fourth-order valence-corrected chi connectivity index (χ4v) is 2.50. The zero-order valence-corrected chi connectivity index (χ0v) is 11.7. The van der Waals surface area contributed by atoms with Gasteiger partial charge in [0.05, 0.1) is 0 Å². The van der Waals surface area contributed by atoms with Crippen LogP contribution < -0.4 is 0 Å². The van der Waals surface area contributed by atoms with Gasteiger partial charge >= 0.3 is 5.97 Å². The molecule has 20 heavy (non-hydrogen) atoms. The van der Waals surface area contributed by atoms with Crippen molar-refractivity contribution in [3.05, 3.63) is 35.9 Å². The number of carboxylic acid groups (broad SMARTS) is 1. The molecule has 0 radical (unpaired) electrons. The molecule has 0 bridgehead atoms. The van der Waals surface area contributed by atoms with Gasteiger partial charge < -0.3 is 5.11 Å². The van der Waals surface area contributed by atoms with E-state index in [4.69, 9.17) is 0 Å². The molecule has 1 aromatic rings. The molecule has 1 aliphatic rings. The molecular formula is C15H17NO4. The number of carboxylic acids is 1. The Balaban J connectivity index is 2.58. The van der Waals surface area contributed by atoms with E-state index in [1.165, 1.54) is 6.92 Å². The maximum atomic E-state index is 12.3. The number of likely N-dealkylation sites (tertiary alicyclic amines) is 1. The van der Waals surface area contributed by atoms with Crippen LogP contribution in [0, 0.1) is 11.8 Å². The van der Waals surface area contributed by atoms with Gasteiger partial charge in [-0.2, -0.15) is 0 Å². The summed E-state index contributed by atoms with van der Waals surface area (Å²) < 4.78 is 0. The Morgan fingerprint density at radius 1 is 1.10 bits per heavy atom. The van der Waals surface area contributed by atoms with Gasteiger partial charge in [-0.15, -0.1) is 0 Å². The Labute approximate surface area is 117 Å². The normalized spacial score (nSPS) is 25.6. The smallest absolute Gasteiger partial charge is 0.334 e. The molecule has 0 saturated carbocycles. The van der Waals surface area contributed by atoms with Crippen LogP contribution in [0.5, 0.6) is 0 Å². The number of nitrogens with zero attached hydrogens (tertiary/aromatic N) is 1. The molecule has 1 heterocycles. The third kappa shape index (κ3) is 1.81. The van der Waals surface area contributed by atoms with Crippen molar-refractivity contribution >= 4 is 17.8 Å². The lowest BCUT2D eigenvalue weighted by molar-refractivity contribution is -0.163. The van der Waals surface area contributed by atoms with Crippen LogP contribution in [0.15, 0.2) is 30.3 Å². The average molecular weight is 275 g/mol. The van der Waals surface area contributed by atoms with Crippen molar-refractivity contribution in [1.29, 1.82) is 0 Å². The summed E-state index contributed by atoms with van der Waals surface area (Å²) in [5, 5.41) is 9.61. The summed E-state index contributed by atoms with van der Waals surface area (Å²) >= 11 is 0. The molecule has 106 valence electrons. The second-order valence-corrected chi connectivity index (χ2v) is 5.33. The molecule has 1 aliphatic heterocycles. The van der Waals surface area contributed by atoms with Gasteiger partial charge in [-0.25, -0.2) is 4.79 Å². The molecule has 0 aromatic heterocycles. The Kier molecular flexibility index (Phi) is 3.38. The van der Waals surface area contributed by atoms with Crippen molar-refractivity contribution in [3.8, 4) is 0 Å². The second kappa shape index (κ2) is 4.74. The number of benzene rings is 1. The quantitative estimate of drug-likeness (QED) is 0.851. The highest BCUT2D eigenvalue weighted by Gasteiger charge is 2.54. The third-order valence-corrected chi connectivity index (χ3v) is 4.17. The predicted octanol–water partition coefficient (Wildman–Crippen LogP) is 1.63. The zero-order chi connectivity index (χ0) is 15.1. The van der Waals surface area contributed by atoms with Crippen LogP contribution in [0.3, 0.4) is 0 Å². The van der Waals surface area contributed by atoms with Crippen LogP contribution in [0.2, 0.25) is 0 Å². The average Bonchev–Trinajstić information content (AvgIpc) is 2.63. The van der Waals surface area contributed by atoms with Gasteiger partial charge in [0.15, 0.2) is 5.54 Å². The first-order chi connectivity index (χ1) is 9.31. The molecule has 1 saturated heterocycles. The highest BCUT2D eigenvalue weighted by atomic mass is 16.4. The summed E-state index contributed by atoms with van der Waals surface area (Å²) in [6, 6.07) is 8.36. The number of hydrogen-bond acceptors (Lipinski definition) is 3. The van der Waals surface area contributed by atoms with E-state index in [1.54, 1.807) is 44.2 Å². The molecule has 1 fully saturated rings. The van der Waals surface area contributed by atoms with Crippen LogP contribution in [-0.4, -0.2) is 27.8 Å². The Bertz CT molecular complexity index is 548. The summed E-state index contributed by atoms with van der Waals surface area (Å²) in [4.78, 5) is 37.3. The summed E-state index contributed by atoms with van der Waals surface area (Å²) in [6.07, 6.45) is 0. The van der Waals surface area contributed by atoms with E-state index < -0.39 is 35.2 Å². The summed E-state index contributed by atoms with van der Waals surface area (Å²) in [7, 11) is 0. The Hall–Kier alpha value is -2.17. The Morgan fingerprint density at radius 3 is 1.95 bits per heavy atom. The van der Waals surface area contributed by atoms with E-state index in [9.17, 15) is 19.5 Å². The molecule has 0 spiro atoms. The number of hydrogen-bond donors (Lipinski definition) is 1. The molecular weight excluding hydrogens is 258 g/mol. The van der Waals surface area contributed by atoms with Crippen molar-refractivity contribution in [1.82, 2.24) is 4.90 Å². The van der Waals surface area contributed by atoms with E-state index in [0.717, 1.165) is 4.90 Å². The summed E-state index contributed by atoms with van der Waals surface area (Å²) in [5.41, 5.74) is -1.26. The van der Waals surface area contributed by atoms with Crippen LogP contribution in [0.25, 0.3) is 0 Å². The van der Waals surface area contributed by atoms with Gasteiger partial charge in [0.1, 0.15) is 0 Å². The number of imide groups is 1. The van der Waals surface area contributed by atoms with Gasteiger partial charge in [0.25, 0.3) is 0 Å². The lowest BCUT2D eigenvalue weighted by Gasteiger charge is -2.34. The van der Waals surface area contributed by atoms with E-state index in [1.807, 2.05) is 0 Å². The lowest BCUT2D eigenvalue weighted by Crippen LogP contribution is -2.53. The van der Waals surface area contributed by atoms with Crippen LogP contribution in [-0.2, 0) is 19.9 Å².